The van der Waals surface area contributed by atoms with E-state index in [1.165, 1.54) is 64.2 Å². The topological polar surface area (TPSA) is 12.0 Å². The van der Waals surface area contributed by atoms with Crippen LogP contribution in [0.4, 0.5) is 0 Å². The van der Waals surface area contributed by atoms with Crippen LogP contribution < -0.4 is 5.32 Å². The summed E-state index contributed by atoms with van der Waals surface area (Å²) >= 11 is 1.90. The van der Waals surface area contributed by atoms with E-state index in [1.54, 1.807) is 4.88 Å². The Morgan fingerprint density at radius 2 is 1.75 bits per heavy atom. The quantitative estimate of drug-likeness (QED) is 0.453. The predicted molar refractivity (Wildman–Crippen MR) is 92.7 cm³/mol. The van der Waals surface area contributed by atoms with Gasteiger partial charge in [-0.2, -0.15) is 0 Å². The number of hydrogen-bond donors (Lipinski definition) is 1. The minimum Gasteiger partial charge on any atom is -0.314 e. The molecule has 1 aromatic rings. The van der Waals surface area contributed by atoms with Gasteiger partial charge < -0.3 is 5.32 Å². The minimum atomic E-state index is 0.742. The molecule has 116 valence electrons. The van der Waals surface area contributed by atoms with Crippen LogP contribution >= 0.6 is 11.3 Å². The van der Waals surface area contributed by atoms with Gasteiger partial charge in [0.2, 0.25) is 0 Å². The first-order valence-corrected chi connectivity index (χ1v) is 9.50. The smallest absolute Gasteiger partial charge is 0.00670 e. The summed E-state index contributed by atoms with van der Waals surface area (Å²) in [5.74, 6) is 0. The summed E-state index contributed by atoms with van der Waals surface area (Å²) in [5.41, 5.74) is 0. The number of unbranched alkanes of at least 4 members (excludes halogenated alkanes) is 5. The molecule has 20 heavy (non-hydrogen) atoms. The molecule has 0 aliphatic carbocycles. The SMILES string of the molecule is CCCCCCCCC(CCCc1cccs1)NCC. The Labute approximate surface area is 130 Å². The zero-order valence-electron chi connectivity index (χ0n) is 13.5. The van der Waals surface area contributed by atoms with E-state index < -0.39 is 0 Å². The Kier molecular flexibility index (Phi) is 11.0. The number of hydrogen-bond acceptors (Lipinski definition) is 2. The molecule has 1 rings (SSSR count). The molecule has 1 N–H and O–H groups in total. The zero-order valence-corrected chi connectivity index (χ0v) is 14.3. The lowest BCUT2D eigenvalue weighted by Crippen LogP contribution is -2.28. The maximum Gasteiger partial charge on any atom is 0.00670 e. The van der Waals surface area contributed by atoms with Crippen LogP contribution in [-0.4, -0.2) is 12.6 Å². The Bertz CT molecular complexity index is 294. The molecule has 0 bridgehead atoms. The Balaban J connectivity index is 2.06. The van der Waals surface area contributed by atoms with Gasteiger partial charge >= 0.3 is 0 Å². The maximum atomic E-state index is 3.67. The van der Waals surface area contributed by atoms with E-state index in [0.29, 0.717) is 0 Å². The second-order valence-electron chi connectivity index (χ2n) is 5.78. The van der Waals surface area contributed by atoms with Crippen LogP contribution in [0.15, 0.2) is 17.5 Å². The first kappa shape index (κ1) is 17.7. The second-order valence-corrected chi connectivity index (χ2v) is 6.81. The Morgan fingerprint density at radius 1 is 1.00 bits per heavy atom. The van der Waals surface area contributed by atoms with Crippen molar-refractivity contribution in [2.75, 3.05) is 6.54 Å². The molecule has 1 nitrogen and oxygen atoms in total. The summed E-state index contributed by atoms with van der Waals surface area (Å²) in [6.07, 6.45) is 13.7. The zero-order chi connectivity index (χ0) is 14.5. The van der Waals surface area contributed by atoms with Crippen LogP contribution in [-0.2, 0) is 6.42 Å². The maximum absolute atomic E-state index is 3.67. The normalized spacial score (nSPS) is 12.7. The fourth-order valence-electron chi connectivity index (χ4n) is 2.79. The van der Waals surface area contributed by atoms with E-state index in [9.17, 15) is 0 Å². The average Bonchev–Trinajstić information content (AvgIpc) is 2.96. The summed E-state index contributed by atoms with van der Waals surface area (Å²) in [5, 5.41) is 5.86. The fourth-order valence-corrected chi connectivity index (χ4v) is 3.54. The summed E-state index contributed by atoms with van der Waals surface area (Å²) in [6, 6.07) is 5.17. The fraction of sp³-hybridized carbons (Fsp3) is 0.778. The predicted octanol–water partition coefficient (Wildman–Crippen LogP) is 5.80. The minimum absolute atomic E-state index is 0.742. The highest BCUT2D eigenvalue weighted by atomic mass is 32.1. The van der Waals surface area contributed by atoms with Gasteiger partial charge in [-0.1, -0.05) is 58.4 Å². The van der Waals surface area contributed by atoms with Gasteiger partial charge in [0, 0.05) is 10.9 Å². The standard InChI is InChI=1S/C18H33NS/c1-3-5-6-7-8-9-12-17(19-4-2)13-10-14-18-15-11-16-20-18/h11,15-17,19H,3-10,12-14H2,1-2H3. The molecular formula is C18H33NS. The first-order chi connectivity index (χ1) is 9.86. The molecule has 0 amide bonds. The molecule has 0 saturated carbocycles. The molecule has 0 aliphatic heterocycles. The molecule has 1 unspecified atom stereocenters. The van der Waals surface area contributed by atoms with E-state index in [0.717, 1.165) is 12.6 Å². The van der Waals surface area contributed by atoms with Crippen molar-refractivity contribution < 1.29 is 0 Å². The van der Waals surface area contributed by atoms with Crippen LogP contribution in [0.2, 0.25) is 0 Å². The molecule has 2 heteroatoms. The van der Waals surface area contributed by atoms with E-state index in [-0.39, 0.29) is 0 Å². The van der Waals surface area contributed by atoms with Crippen molar-refractivity contribution in [3.63, 3.8) is 0 Å². The van der Waals surface area contributed by atoms with E-state index >= 15 is 0 Å². The third kappa shape index (κ3) is 8.76. The molecule has 0 fully saturated rings. The summed E-state index contributed by atoms with van der Waals surface area (Å²) in [4.78, 5) is 1.54. The van der Waals surface area contributed by atoms with Crippen molar-refractivity contribution in [1.82, 2.24) is 5.32 Å². The molecule has 0 saturated heterocycles. The lowest BCUT2D eigenvalue weighted by atomic mass is 10.0. The number of rotatable bonds is 13. The first-order valence-electron chi connectivity index (χ1n) is 8.62. The van der Waals surface area contributed by atoms with E-state index in [2.05, 4.69) is 36.7 Å². The van der Waals surface area contributed by atoms with Gasteiger partial charge in [0.1, 0.15) is 0 Å². The van der Waals surface area contributed by atoms with Crippen LogP contribution in [0.25, 0.3) is 0 Å². The number of thiophene rings is 1. The van der Waals surface area contributed by atoms with Crippen LogP contribution in [0.1, 0.15) is 76.5 Å². The van der Waals surface area contributed by atoms with Gasteiger partial charge in [0.05, 0.1) is 0 Å². The molecular weight excluding hydrogens is 262 g/mol. The van der Waals surface area contributed by atoms with Gasteiger partial charge in [0.25, 0.3) is 0 Å². The third-order valence-corrected chi connectivity index (χ3v) is 4.89. The van der Waals surface area contributed by atoms with Crippen molar-refractivity contribution in [2.45, 2.75) is 84.1 Å². The largest absolute Gasteiger partial charge is 0.314 e. The van der Waals surface area contributed by atoms with Crippen molar-refractivity contribution >= 4 is 11.3 Å². The van der Waals surface area contributed by atoms with Crippen LogP contribution in [0, 0.1) is 0 Å². The van der Waals surface area contributed by atoms with Crippen molar-refractivity contribution in [1.29, 1.82) is 0 Å². The van der Waals surface area contributed by atoms with Crippen molar-refractivity contribution in [3.8, 4) is 0 Å². The molecule has 0 aliphatic rings. The lowest BCUT2D eigenvalue weighted by molar-refractivity contribution is 0.429. The Hall–Kier alpha value is -0.340. The summed E-state index contributed by atoms with van der Waals surface area (Å²) in [7, 11) is 0. The third-order valence-electron chi connectivity index (χ3n) is 3.95. The molecule has 1 heterocycles. The number of aryl methyl sites for hydroxylation is 1. The molecule has 0 aromatic carbocycles. The molecule has 0 radical (unpaired) electrons. The lowest BCUT2D eigenvalue weighted by Gasteiger charge is -2.17. The van der Waals surface area contributed by atoms with E-state index in [1.807, 2.05) is 11.3 Å². The molecule has 0 spiro atoms. The van der Waals surface area contributed by atoms with Crippen LogP contribution in [0.3, 0.4) is 0 Å². The number of nitrogens with one attached hydrogen (secondary N) is 1. The monoisotopic (exact) mass is 295 g/mol. The molecule has 1 aromatic heterocycles. The van der Waals surface area contributed by atoms with Gasteiger partial charge in [-0.15, -0.1) is 11.3 Å². The van der Waals surface area contributed by atoms with Crippen molar-refractivity contribution in [2.24, 2.45) is 0 Å². The highest BCUT2D eigenvalue weighted by Crippen LogP contribution is 2.15. The van der Waals surface area contributed by atoms with Crippen LogP contribution in [0.5, 0.6) is 0 Å². The molecule has 1 atom stereocenters. The highest BCUT2D eigenvalue weighted by Gasteiger charge is 2.07. The second kappa shape index (κ2) is 12.4. The highest BCUT2D eigenvalue weighted by molar-refractivity contribution is 7.09. The average molecular weight is 296 g/mol. The van der Waals surface area contributed by atoms with Gasteiger partial charge in [0.15, 0.2) is 0 Å². The Morgan fingerprint density at radius 3 is 2.45 bits per heavy atom. The van der Waals surface area contributed by atoms with Gasteiger partial charge in [-0.05, 0) is 43.7 Å². The van der Waals surface area contributed by atoms with Gasteiger partial charge in [-0.25, -0.2) is 0 Å². The summed E-state index contributed by atoms with van der Waals surface area (Å²) in [6.45, 7) is 5.63. The van der Waals surface area contributed by atoms with Gasteiger partial charge in [-0.3, -0.25) is 0 Å². The van der Waals surface area contributed by atoms with E-state index in [4.69, 9.17) is 0 Å². The van der Waals surface area contributed by atoms with Crippen molar-refractivity contribution in [3.05, 3.63) is 22.4 Å². The summed E-state index contributed by atoms with van der Waals surface area (Å²) < 4.78 is 0.